The maximum absolute atomic E-state index is 12.7. The van der Waals surface area contributed by atoms with Gasteiger partial charge in [-0.3, -0.25) is 14.5 Å². The first-order chi connectivity index (χ1) is 14.1. The third-order valence-corrected chi connectivity index (χ3v) is 5.75. The third kappa shape index (κ3) is 5.28. The van der Waals surface area contributed by atoms with Crippen molar-refractivity contribution in [3.63, 3.8) is 0 Å². The number of carboxylic acid groups (broad SMARTS) is 1. The Bertz CT molecular complexity index is 1020. The highest BCUT2D eigenvalue weighted by molar-refractivity contribution is 8.26. The number of benzene rings is 2. The highest BCUT2D eigenvalue weighted by Gasteiger charge is 2.32. The molecule has 0 bridgehead atoms. The van der Waals surface area contributed by atoms with Crippen LogP contribution in [0.1, 0.15) is 24.0 Å². The number of rotatable bonds is 6. The predicted octanol–water partition coefficient (Wildman–Crippen LogP) is 5.44. The summed E-state index contributed by atoms with van der Waals surface area (Å²) in [5.74, 6) is -1.22. The van der Waals surface area contributed by atoms with Gasteiger partial charge in [-0.25, -0.2) is 0 Å². The van der Waals surface area contributed by atoms with Gasteiger partial charge in [0.1, 0.15) is 4.32 Å². The SMILES string of the molecule is O=C(O)CCCN1C(=O)C(=Cc2cccc(-c3ccc(C(F)(F)F)cc3)c2)SC1=S. The van der Waals surface area contributed by atoms with Crippen LogP contribution in [-0.2, 0) is 15.8 Å². The maximum atomic E-state index is 12.7. The van der Waals surface area contributed by atoms with Gasteiger partial charge in [-0.15, -0.1) is 0 Å². The summed E-state index contributed by atoms with van der Waals surface area (Å²) < 4.78 is 38.6. The fourth-order valence-corrected chi connectivity index (χ4v) is 4.20. The molecule has 0 saturated carbocycles. The average molecular weight is 451 g/mol. The maximum Gasteiger partial charge on any atom is 0.416 e. The summed E-state index contributed by atoms with van der Waals surface area (Å²) in [6.45, 7) is 0.236. The van der Waals surface area contributed by atoms with Gasteiger partial charge in [0.25, 0.3) is 5.91 Å². The third-order valence-electron chi connectivity index (χ3n) is 4.38. The normalized spacial score (nSPS) is 15.8. The van der Waals surface area contributed by atoms with E-state index in [1.807, 2.05) is 0 Å². The summed E-state index contributed by atoms with van der Waals surface area (Å²) in [5.41, 5.74) is 1.33. The number of carboxylic acids is 1. The molecular weight excluding hydrogens is 435 g/mol. The van der Waals surface area contributed by atoms with Gasteiger partial charge >= 0.3 is 12.1 Å². The Hall–Kier alpha value is -2.65. The van der Waals surface area contributed by atoms with Crippen molar-refractivity contribution >= 4 is 46.3 Å². The molecule has 2 aromatic carbocycles. The van der Waals surface area contributed by atoms with E-state index in [0.717, 1.165) is 29.5 Å². The first kappa shape index (κ1) is 22.0. The van der Waals surface area contributed by atoms with Crippen LogP contribution < -0.4 is 0 Å². The second kappa shape index (κ2) is 9.01. The van der Waals surface area contributed by atoms with Crippen molar-refractivity contribution in [1.82, 2.24) is 4.90 Å². The molecule has 1 heterocycles. The number of aliphatic carboxylic acids is 1. The van der Waals surface area contributed by atoms with Gasteiger partial charge in [0.2, 0.25) is 0 Å². The van der Waals surface area contributed by atoms with Gasteiger partial charge in [-0.1, -0.05) is 54.3 Å². The van der Waals surface area contributed by atoms with Crippen molar-refractivity contribution in [1.29, 1.82) is 0 Å². The zero-order valence-corrected chi connectivity index (χ0v) is 17.1. The molecule has 1 N–H and O–H groups in total. The second-order valence-electron chi connectivity index (χ2n) is 6.53. The van der Waals surface area contributed by atoms with E-state index in [-0.39, 0.29) is 18.9 Å². The number of thioether (sulfide) groups is 1. The number of alkyl halides is 3. The molecule has 1 amide bonds. The summed E-state index contributed by atoms with van der Waals surface area (Å²) in [4.78, 5) is 25.0. The molecule has 0 atom stereocenters. The van der Waals surface area contributed by atoms with E-state index in [1.54, 1.807) is 30.3 Å². The lowest BCUT2D eigenvalue weighted by Gasteiger charge is -2.13. The Balaban J connectivity index is 1.78. The largest absolute Gasteiger partial charge is 0.481 e. The monoisotopic (exact) mass is 451 g/mol. The van der Waals surface area contributed by atoms with E-state index in [2.05, 4.69) is 0 Å². The first-order valence-electron chi connectivity index (χ1n) is 8.90. The molecule has 9 heteroatoms. The number of carbonyl (C=O) groups is 2. The van der Waals surface area contributed by atoms with Crippen molar-refractivity contribution in [2.24, 2.45) is 0 Å². The lowest BCUT2D eigenvalue weighted by molar-refractivity contribution is -0.138. The minimum Gasteiger partial charge on any atom is -0.481 e. The van der Waals surface area contributed by atoms with E-state index in [0.29, 0.717) is 26.8 Å². The molecule has 1 aliphatic rings. The van der Waals surface area contributed by atoms with E-state index in [4.69, 9.17) is 17.3 Å². The number of halogens is 3. The van der Waals surface area contributed by atoms with Crippen LogP contribution in [0, 0.1) is 0 Å². The van der Waals surface area contributed by atoms with Crippen LogP contribution in [0.25, 0.3) is 17.2 Å². The quantitative estimate of drug-likeness (QED) is 0.468. The average Bonchev–Trinajstić information content (AvgIpc) is 2.95. The highest BCUT2D eigenvalue weighted by atomic mass is 32.2. The van der Waals surface area contributed by atoms with Crippen LogP contribution in [0.5, 0.6) is 0 Å². The van der Waals surface area contributed by atoms with Crippen LogP contribution in [0.3, 0.4) is 0 Å². The number of hydrogen-bond acceptors (Lipinski definition) is 4. The van der Waals surface area contributed by atoms with Crippen LogP contribution in [0.4, 0.5) is 13.2 Å². The lowest BCUT2D eigenvalue weighted by Crippen LogP contribution is -2.29. The standard InChI is InChI=1S/C21H16F3NO3S2/c22-21(23,24)16-8-6-14(7-9-16)15-4-1-3-13(11-15)12-17-19(28)25(20(29)30-17)10-2-5-18(26)27/h1,3-4,6-9,11-12H,2,5,10H2,(H,26,27). The lowest BCUT2D eigenvalue weighted by atomic mass is 10.0. The molecule has 0 aliphatic carbocycles. The van der Waals surface area contributed by atoms with Gasteiger partial charge < -0.3 is 5.11 Å². The van der Waals surface area contributed by atoms with Crippen LogP contribution in [0.15, 0.2) is 53.4 Å². The fourth-order valence-electron chi connectivity index (χ4n) is 2.89. The van der Waals surface area contributed by atoms with Crippen molar-refractivity contribution < 1.29 is 27.9 Å². The van der Waals surface area contributed by atoms with E-state index < -0.39 is 17.7 Å². The van der Waals surface area contributed by atoms with Gasteiger partial charge in [-0.05, 0) is 47.4 Å². The number of amides is 1. The number of thiocarbonyl (C=S) groups is 1. The zero-order chi connectivity index (χ0) is 21.9. The van der Waals surface area contributed by atoms with Crippen molar-refractivity contribution in [2.75, 3.05) is 6.54 Å². The van der Waals surface area contributed by atoms with Gasteiger partial charge in [0, 0.05) is 13.0 Å². The van der Waals surface area contributed by atoms with E-state index in [1.165, 1.54) is 17.0 Å². The minimum absolute atomic E-state index is 0.0503. The van der Waals surface area contributed by atoms with Crippen molar-refractivity contribution in [3.05, 3.63) is 64.6 Å². The molecule has 1 saturated heterocycles. The molecule has 156 valence electrons. The Morgan fingerprint density at radius 3 is 2.47 bits per heavy atom. The highest BCUT2D eigenvalue weighted by Crippen LogP contribution is 2.34. The Morgan fingerprint density at radius 1 is 1.13 bits per heavy atom. The molecule has 4 nitrogen and oxygen atoms in total. The Labute approximate surface area is 180 Å². The molecule has 30 heavy (non-hydrogen) atoms. The summed E-state index contributed by atoms with van der Waals surface area (Å²) >= 11 is 6.36. The van der Waals surface area contributed by atoms with Crippen LogP contribution >= 0.6 is 24.0 Å². The van der Waals surface area contributed by atoms with Crippen LogP contribution in [0.2, 0.25) is 0 Å². The smallest absolute Gasteiger partial charge is 0.416 e. The van der Waals surface area contributed by atoms with Crippen molar-refractivity contribution in [2.45, 2.75) is 19.0 Å². The first-order valence-corrected chi connectivity index (χ1v) is 10.1. The summed E-state index contributed by atoms with van der Waals surface area (Å²) in [5, 5.41) is 8.73. The molecular formula is C21H16F3NO3S2. The predicted molar refractivity (Wildman–Crippen MR) is 114 cm³/mol. The number of carbonyl (C=O) groups excluding carboxylic acids is 1. The van der Waals surface area contributed by atoms with Crippen molar-refractivity contribution in [3.8, 4) is 11.1 Å². The molecule has 0 aromatic heterocycles. The van der Waals surface area contributed by atoms with E-state index >= 15 is 0 Å². The molecule has 2 aromatic rings. The summed E-state index contributed by atoms with van der Waals surface area (Å²) in [6.07, 6.45) is -2.46. The van der Waals surface area contributed by atoms with Gasteiger partial charge in [0.15, 0.2) is 0 Å². The fraction of sp³-hybridized carbons (Fsp3) is 0.190. The number of hydrogen-bond donors (Lipinski definition) is 1. The minimum atomic E-state index is -4.39. The molecule has 1 fully saturated rings. The molecule has 1 aliphatic heterocycles. The second-order valence-corrected chi connectivity index (χ2v) is 8.21. The Morgan fingerprint density at radius 2 is 1.83 bits per heavy atom. The van der Waals surface area contributed by atoms with Crippen LogP contribution in [-0.4, -0.2) is 32.7 Å². The summed E-state index contributed by atoms with van der Waals surface area (Å²) in [7, 11) is 0. The topological polar surface area (TPSA) is 57.6 Å². The molecule has 3 rings (SSSR count). The Kier molecular flexibility index (Phi) is 6.62. The molecule has 0 radical (unpaired) electrons. The molecule has 0 spiro atoms. The molecule has 0 unspecified atom stereocenters. The zero-order valence-electron chi connectivity index (χ0n) is 15.5. The van der Waals surface area contributed by atoms with Gasteiger partial charge in [0.05, 0.1) is 10.5 Å². The van der Waals surface area contributed by atoms with E-state index in [9.17, 15) is 22.8 Å². The number of nitrogens with zero attached hydrogens (tertiary/aromatic N) is 1. The van der Waals surface area contributed by atoms with Gasteiger partial charge in [-0.2, -0.15) is 13.2 Å². The summed E-state index contributed by atoms with van der Waals surface area (Å²) in [6, 6.07) is 12.0.